The van der Waals surface area contributed by atoms with Crippen LogP contribution in [-0.4, -0.2) is 41.2 Å². The lowest BCUT2D eigenvalue weighted by atomic mass is 10.1. The number of hydrogen-bond donors (Lipinski definition) is 2. The molecule has 0 aromatic heterocycles. The Hall–Kier alpha value is -1.98. The number of carbonyl (C=O) groups is 1. The first-order chi connectivity index (χ1) is 13.4. The smallest absolute Gasteiger partial charge is 0.240 e. The van der Waals surface area contributed by atoms with Crippen LogP contribution in [0.3, 0.4) is 0 Å². The van der Waals surface area contributed by atoms with Crippen molar-refractivity contribution >= 4 is 37.6 Å². The minimum atomic E-state index is -3.79. The third kappa shape index (κ3) is 6.25. The van der Waals surface area contributed by atoms with Crippen LogP contribution < -0.4 is 9.86 Å². The van der Waals surface area contributed by atoms with Crippen molar-refractivity contribution < 1.29 is 21.6 Å². The molecule has 0 aliphatic rings. The summed E-state index contributed by atoms with van der Waals surface area (Å²) < 4.78 is 49.5. The molecule has 0 saturated carbocycles. The van der Waals surface area contributed by atoms with Crippen LogP contribution in [0.15, 0.2) is 58.3 Å². The van der Waals surface area contributed by atoms with Crippen molar-refractivity contribution in [1.82, 2.24) is 9.62 Å². The topological polar surface area (TPSA) is 127 Å². The molecule has 29 heavy (non-hydrogen) atoms. The summed E-state index contributed by atoms with van der Waals surface area (Å²) in [6.45, 7) is 1.70. The van der Waals surface area contributed by atoms with Gasteiger partial charge >= 0.3 is 0 Å². The van der Waals surface area contributed by atoms with E-state index in [0.717, 1.165) is 0 Å². The summed E-state index contributed by atoms with van der Waals surface area (Å²) in [6.07, 6.45) is -0.0457. The van der Waals surface area contributed by atoms with Crippen LogP contribution in [0.25, 0.3) is 0 Å². The van der Waals surface area contributed by atoms with E-state index in [4.69, 9.17) is 16.7 Å². The predicted molar refractivity (Wildman–Crippen MR) is 110 cm³/mol. The zero-order chi connectivity index (χ0) is 21.8. The molecule has 11 heteroatoms. The molecule has 0 aliphatic carbocycles. The molecule has 1 amide bonds. The van der Waals surface area contributed by atoms with Gasteiger partial charge in [-0.25, -0.2) is 26.7 Å². The van der Waals surface area contributed by atoms with Crippen LogP contribution in [-0.2, 0) is 24.8 Å². The number of halogens is 1. The van der Waals surface area contributed by atoms with E-state index in [1.54, 1.807) is 32.2 Å². The summed E-state index contributed by atoms with van der Waals surface area (Å²) in [5.74, 6) is -0.276. The number of nitrogens with zero attached hydrogens (tertiary/aromatic N) is 1. The fourth-order valence-corrected chi connectivity index (χ4v) is 4.41. The Labute approximate surface area is 175 Å². The first-order valence-electron chi connectivity index (χ1n) is 8.55. The maximum atomic E-state index is 12.4. The Bertz CT molecular complexity index is 1090. The standard InChI is InChI=1S/C18H22ClN3O5S2/c1-13(14-6-8-16(9-7-14)28(20,24)25)22(2)18(23)10-11-21-29(26,27)17-5-3-4-15(19)12-17/h3-9,12-13,21H,10-11H2,1-2H3,(H2,20,24,25). The Morgan fingerprint density at radius 1 is 1.10 bits per heavy atom. The number of amides is 1. The Balaban J connectivity index is 1.96. The Kier molecular flexibility index (Phi) is 7.41. The van der Waals surface area contributed by atoms with Gasteiger partial charge in [0.15, 0.2) is 0 Å². The van der Waals surface area contributed by atoms with Crippen LogP contribution in [0, 0.1) is 0 Å². The summed E-state index contributed by atoms with van der Waals surface area (Å²) in [4.78, 5) is 13.9. The predicted octanol–water partition coefficient (Wildman–Crippen LogP) is 1.88. The zero-order valence-electron chi connectivity index (χ0n) is 15.9. The molecular weight excluding hydrogens is 438 g/mol. The SMILES string of the molecule is CC(c1ccc(S(N)(=O)=O)cc1)N(C)C(=O)CCNS(=O)(=O)c1cccc(Cl)c1. The van der Waals surface area contributed by atoms with Gasteiger partial charge in [-0.2, -0.15) is 0 Å². The van der Waals surface area contributed by atoms with E-state index in [-0.39, 0.29) is 34.7 Å². The van der Waals surface area contributed by atoms with Crippen molar-refractivity contribution in [2.75, 3.05) is 13.6 Å². The summed E-state index contributed by atoms with van der Waals surface area (Å²) in [5.41, 5.74) is 0.716. The zero-order valence-corrected chi connectivity index (χ0v) is 18.3. The van der Waals surface area contributed by atoms with Crippen molar-refractivity contribution in [3.63, 3.8) is 0 Å². The summed E-state index contributed by atoms with van der Waals surface area (Å²) in [6, 6.07) is 11.4. The van der Waals surface area contributed by atoms with Gasteiger partial charge in [-0.1, -0.05) is 29.8 Å². The molecule has 1 atom stereocenters. The fraction of sp³-hybridized carbons (Fsp3) is 0.278. The van der Waals surface area contributed by atoms with E-state index in [1.165, 1.54) is 35.2 Å². The number of primary sulfonamides is 1. The molecular formula is C18H22ClN3O5S2. The van der Waals surface area contributed by atoms with E-state index >= 15 is 0 Å². The van der Waals surface area contributed by atoms with E-state index in [1.807, 2.05) is 0 Å². The molecule has 158 valence electrons. The van der Waals surface area contributed by atoms with E-state index in [9.17, 15) is 21.6 Å². The molecule has 1 unspecified atom stereocenters. The number of hydrogen-bond acceptors (Lipinski definition) is 5. The lowest BCUT2D eigenvalue weighted by Crippen LogP contribution is -2.33. The monoisotopic (exact) mass is 459 g/mol. The second-order valence-electron chi connectivity index (χ2n) is 6.40. The fourth-order valence-electron chi connectivity index (χ4n) is 2.56. The first-order valence-corrected chi connectivity index (χ1v) is 12.0. The van der Waals surface area contributed by atoms with Crippen molar-refractivity contribution in [3.8, 4) is 0 Å². The van der Waals surface area contributed by atoms with Gasteiger partial charge in [0.05, 0.1) is 15.8 Å². The lowest BCUT2D eigenvalue weighted by molar-refractivity contribution is -0.131. The molecule has 0 heterocycles. The van der Waals surface area contributed by atoms with Gasteiger partial charge in [-0.15, -0.1) is 0 Å². The number of benzene rings is 2. The molecule has 0 radical (unpaired) electrons. The highest BCUT2D eigenvalue weighted by atomic mass is 35.5. The molecule has 0 spiro atoms. The largest absolute Gasteiger partial charge is 0.339 e. The van der Waals surface area contributed by atoms with Crippen LogP contribution >= 0.6 is 11.6 Å². The van der Waals surface area contributed by atoms with Crippen molar-refractivity contribution in [2.45, 2.75) is 29.2 Å². The van der Waals surface area contributed by atoms with Gasteiger partial charge in [0.2, 0.25) is 26.0 Å². The molecule has 8 nitrogen and oxygen atoms in total. The number of carbonyl (C=O) groups excluding carboxylic acids is 1. The third-order valence-electron chi connectivity index (χ3n) is 4.40. The van der Waals surface area contributed by atoms with Gasteiger partial charge in [-0.05, 0) is 42.8 Å². The van der Waals surface area contributed by atoms with Crippen LogP contribution in [0.1, 0.15) is 24.9 Å². The lowest BCUT2D eigenvalue weighted by Gasteiger charge is -2.25. The molecule has 0 fully saturated rings. The van der Waals surface area contributed by atoms with Gasteiger partial charge in [0.1, 0.15) is 0 Å². The first kappa shape index (κ1) is 23.3. The minimum absolute atomic E-state index is 0.0159. The average Bonchev–Trinajstić information content (AvgIpc) is 2.66. The Morgan fingerprint density at radius 3 is 2.28 bits per heavy atom. The molecule has 2 aromatic rings. The normalized spacial score (nSPS) is 13.1. The van der Waals surface area contributed by atoms with Crippen LogP contribution in [0.2, 0.25) is 5.02 Å². The highest BCUT2D eigenvalue weighted by Crippen LogP contribution is 2.21. The highest BCUT2D eigenvalue weighted by molar-refractivity contribution is 7.89. The maximum Gasteiger partial charge on any atom is 0.240 e. The van der Waals surface area contributed by atoms with E-state index in [0.29, 0.717) is 10.6 Å². The summed E-state index contributed by atoms with van der Waals surface area (Å²) >= 11 is 5.81. The summed E-state index contributed by atoms with van der Waals surface area (Å²) in [7, 11) is -5.97. The van der Waals surface area contributed by atoms with Crippen molar-refractivity contribution in [2.24, 2.45) is 5.14 Å². The van der Waals surface area contributed by atoms with Crippen LogP contribution in [0.5, 0.6) is 0 Å². The number of nitrogens with two attached hydrogens (primary N) is 1. The minimum Gasteiger partial charge on any atom is -0.339 e. The Morgan fingerprint density at radius 2 is 1.72 bits per heavy atom. The molecule has 0 aliphatic heterocycles. The van der Waals surface area contributed by atoms with E-state index < -0.39 is 20.0 Å². The van der Waals surface area contributed by atoms with Gasteiger partial charge < -0.3 is 4.90 Å². The van der Waals surface area contributed by atoms with Gasteiger partial charge in [0.25, 0.3) is 0 Å². The molecule has 3 N–H and O–H groups in total. The van der Waals surface area contributed by atoms with Gasteiger partial charge in [-0.3, -0.25) is 4.79 Å². The molecule has 0 saturated heterocycles. The second-order valence-corrected chi connectivity index (χ2v) is 10.2. The van der Waals surface area contributed by atoms with Crippen LogP contribution in [0.4, 0.5) is 0 Å². The number of nitrogens with one attached hydrogen (secondary N) is 1. The highest BCUT2D eigenvalue weighted by Gasteiger charge is 2.20. The van der Waals surface area contributed by atoms with Gasteiger partial charge in [0, 0.05) is 25.0 Å². The van der Waals surface area contributed by atoms with Crippen molar-refractivity contribution in [1.29, 1.82) is 0 Å². The van der Waals surface area contributed by atoms with Crippen molar-refractivity contribution in [3.05, 3.63) is 59.1 Å². The average molecular weight is 460 g/mol. The quantitative estimate of drug-likeness (QED) is 0.623. The van der Waals surface area contributed by atoms with E-state index in [2.05, 4.69) is 4.72 Å². The number of rotatable bonds is 8. The summed E-state index contributed by atoms with van der Waals surface area (Å²) in [5, 5.41) is 5.37. The molecule has 2 rings (SSSR count). The molecule has 2 aromatic carbocycles. The second kappa shape index (κ2) is 9.23. The molecule has 0 bridgehead atoms. The maximum absolute atomic E-state index is 12.4. The third-order valence-corrected chi connectivity index (χ3v) is 7.03. The number of sulfonamides is 2.